The Labute approximate surface area is 120 Å². The summed E-state index contributed by atoms with van der Waals surface area (Å²) >= 11 is 0. The van der Waals surface area contributed by atoms with Crippen LogP contribution in [0.15, 0.2) is 23.1 Å². The van der Waals surface area contributed by atoms with E-state index < -0.39 is 0 Å². The molecule has 2 rings (SSSR count). The summed E-state index contributed by atoms with van der Waals surface area (Å²) in [5.41, 5.74) is 6.34. The Hall–Kier alpha value is -1.33. The van der Waals surface area contributed by atoms with Crippen molar-refractivity contribution in [3.63, 3.8) is 0 Å². The van der Waals surface area contributed by atoms with E-state index in [9.17, 15) is 4.79 Å². The van der Waals surface area contributed by atoms with Crippen LogP contribution in [0.2, 0.25) is 0 Å². The number of hydrogen-bond donors (Lipinski definition) is 2. The van der Waals surface area contributed by atoms with Gasteiger partial charge in [-0.1, -0.05) is 6.42 Å². The molecule has 0 aromatic carbocycles. The van der Waals surface area contributed by atoms with Crippen LogP contribution >= 0.6 is 0 Å². The van der Waals surface area contributed by atoms with Crippen molar-refractivity contribution < 1.29 is 5.11 Å². The Kier molecular flexibility index (Phi) is 5.61. The van der Waals surface area contributed by atoms with E-state index in [1.807, 2.05) is 0 Å². The first kappa shape index (κ1) is 15.1. The van der Waals surface area contributed by atoms with Crippen molar-refractivity contribution in [1.82, 2.24) is 9.47 Å². The minimum Gasteiger partial charge on any atom is -0.398 e. The normalized spacial score (nSPS) is 20.1. The first-order chi connectivity index (χ1) is 9.70. The molecule has 1 aromatic heterocycles. The summed E-state index contributed by atoms with van der Waals surface area (Å²) in [6.45, 7) is 3.05. The summed E-state index contributed by atoms with van der Waals surface area (Å²) < 4.78 is 1.68. The molecule has 1 unspecified atom stereocenters. The highest BCUT2D eigenvalue weighted by Gasteiger charge is 2.21. The number of hydrogen-bond acceptors (Lipinski definition) is 4. The number of anilines is 1. The summed E-state index contributed by atoms with van der Waals surface area (Å²) in [6, 6.07) is 3.66. The van der Waals surface area contributed by atoms with Crippen molar-refractivity contribution >= 4 is 5.69 Å². The summed E-state index contributed by atoms with van der Waals surface area (Å²) in [6.07, 6.45) is 7.18. The van der Waals surface area contributed by atoms with E-state index in [1.54, 1.807) is 16.8 Å². The largest absolute Gasteiger partial charge is 0.398 e. The van der Waals surface area contributed by atoms with Crippen molar-refractivity contribution in [3.8, 4) is 0 Å². The summed E-state index contributed by atoms with van der Waals surface area (Å²) in [4.78, 5) is 14.1. The van der Waals surface area contributed by atoms with Gasteiger partial charge in [-0.05, 0) is 38.3 Å². The molecule has 0 amide bonds. The van der Waals surface area contributed by atoms with Gasteiger partial charge in [0, 0.05) is 43.7 Å². The minimum atomic E-state index is 0.00440. The first-order valence-corrected chi connectivity index (χ1v) is 7.51. The van der Waals surface area contributed by atoms with Crippen molar-refractivity contribution in [1.29, 1.82) is 0 Å². The number of nitrogen functional groups attached to an aromatic ring is 1. The number of nitrogens with two attached hydrogens (primary N) is 1. The molecule has 2 heterocycles. The highest BCUT2D eigenvalue weighted by molar-refractivity contribution is 5.33. The minimum absolute atomic E-state index is 0.00440. The van der Waals surface area contributed by atoms with Crippen LogP contribution < -0.4 is 11.3 Å². The summed E-state index contributed by atoms with van der Waals surface area (Å²) in [5.74, 6) is 0. The van der Waals surface area contributed by atoms with E-state index in [0.29, 0.717) is 18.3 Å². The van der Waals surface area contributed by atoms with Gasteiger partial charge in [-0.25, -0.2) is 0 Å². The number of likely N-dealkylation sites (tertiary alicyclic amines) is 1. The molecule has 0 spiro atoms. The zero-order valence-electron chi connectivity index (χ0n) is 12.0. The Morgan fingerprint density at radius 3 is 2.95 bits per heavy atom. The Bertz CT molecular complexity index is 470. The molecule has 0 bridgehead atoms. The van der Waals surface area contributed by atoms with Crippen LogP contribution in [0.5, 0.6) is 0 Å². The van der Waals surface area contributed by atoms with E-state index in [-0.39, 0.29) is 12.2 Å². The maximum absolute atomic E-state index is 11.7. The van der Waals surface area contributed by atoms with Gasteiger partial charge in [-0.3, -0.25) is 4.79 Å². The Balaban J connectivity index is 1.85. The van der Waals surface area contributed by atoms with Crippen LogP contribution in [0.25, 0.3) is 0 Å². The Morgan fingerprint density at radius 2 is 2.15 bits per heavy atom. The zero-order chi connectivity index (χ0) is 14.4. The van der Waals surface area contributed by atoms with Gasteiger partial charge in [0.05, 0.1) is 0 Å². The van der Waals surface area contributed by atoms with Crippen LogP contribution in [0, 0.1) is 0 Å². The van der Waals surface area contributed by atoms with Crippen LogP contribution in [0.4, 0.5) is 5.69 Å². The summed E-state index contributed by atoms with van der Waals surface area (Å²) in [5, 5.41) is 9.12. The van der Waals surface area contributed by atoms with Crippen LogP contribution in [-0.4, -0.2) is 40.3 Å². The van der Waals surface area contributed by atoms with E-state index in [4.69, 9.17) is 10.8 Å². The number of pyridine rings is 1. The second-order valence-corrected chi connectivity index (χ2v) is 5.55. The molecule has 0 saturated carbocycles. The lowest BCUT2D eigenvalue weighted by molar-refractivity contribution is 0.116. The number of rotatable bonds is 6. The third kappa shape index (κ3) is 4.08. The molecule has 0 radical (unpaired) electrons. The molecule has 1 aliphatic heterocycles. The number of aliphatic hydroxyl groups excluding tert-OH is 1. The van der Waals surface area contributed by atoms with Crippen molar-refractivity contribution in [2.45, 2.75) is 44.7 Å². The van der Waals surface area contributed by atoms with Gasteiger partial charge in [0.15, 0.2) is 0 Å². The molecule has 1 fully saturated rings. The highest BCUT2D eigenvalue weighted by atomic mass is 16.3. The van der Waals surface area contributed by atoms with Crippen molar-refractivity contribution in [3.05, 3.63) is 28.7 Å². The molecular weight excluding hydrogens is 254 g/mol. The fourth-order valence-electron chi connectivity index (χ4n) is 3.00. The highest BCUT2D eigenvalue weighted by Crippen LogP contribution is 2.19. The van der Waals surface area contributed by atoms with Gasteiger partial charge in [0.25, 0.3) is 5.56 Å². The average molecular weight is 279 g/mol. The monoisotopic (exact) mass is 279 g/mol. The quantitative estimate of drug-likeness (QED) is 0.817. The third-order valence-electron chi connectivity index (χ3n) is 4.06. The van der Waals surface area contributed by atoms with E-state index in [2.05, 4.69) is 4.90 Å². The maximum atomic E-state index is 11.7. The number of aliphatic hydroxyl groups is 1. The number of piperidine rings is 1. The van der Waals surface area contributed by atoms with Gasteiger partial charge in [0.2, 0.25) is 0 Å². The van der Waals surface area contributed by atoms with E-state index in [1.165, 1.54) is 25.3 Å². The molecule has 112 valence electrons. The standard InChI is InChI=1S/C15H25N3O2/c16-13-5-6-15(20)18(12-13)10-3-9-17-8-2-1-4-14(17)7-11-19/h5-6,12,14,19H,1-4,7-11,16H2. The fourth-order valence-corrected chi connectivity index (χ4v) is 3.00. The molecule has 20 heavy (non-hydrogen) atoms. The van der Waals surface area contributed by atoms with Crippen molar-refractivity contribution in [2.75, 3.05) is 25.4 Å². The zero-order valence-corrected chi connectivity index (χ0v) is 12.0. The molecule has 0 aliphatic carbocycles. The second-order valence-electron chi connectivity index (χ2n) is 5.55. The number of aryl methyl sites for hydroxylation is 1. The lowest BCUT2D eigenvalue weighted by atomic mass is 9.99. The molecular formula is C15H25N3O2. The number of aromatic nitrogens is 1. The van der Waals surface area contributed by atoms with Crippen LogP contribution in [-0.2, 0) is 6.54 Å². The predicted molar refractivity (Wildman–Crippen MR) is 80.6 cm³/mol. The molecule has 1 atom stereocenters. The summed E-state index contributed by atoms with van der Waals surface area (Å²) in [7, 11) is 0. The lowest BCUT2D eigenvalue weighted by Crippen LogP contribution is -2.41. The predicted octanol–water partition coefficient (Wildman–Crippen LogP) is 1.06. The van der Waals surface area contributed by atoms with Crippen LogP contribution in [0.1, 0.15) is 32.1 Å². The van der Waals surface area contributed by atoms with Gasteiger partial charge in [-0.2, -0.15) is 0 Å². The van der Waals surface area contributed by atoms with E-state index in [0.717, 1.165) is 25.9 Å². The SMILES string of the molecule is Nc1ccc(=O)n(CCCN2CCCCC2CCO)c1. The fraction of sp³-hybridized carbons (Fsp3) is 0.667. The molecule has 1 aliphatic rings. The Morgan fingerprint density at radius 1 is 1.30 bits per heavy atom. The molecule has 5 nitrogen and oxygen atoms in total. The molecule has 1 aromatic rings. The van der Waals surface area contributed by atoms with Crippen LogP contribution in [0.3, 0.4) is 0 Å². The van der Waals surface area contributed by atoms with Gasteiger partial charge >= 0.3 is 0 Å². The smallest absolute Gasteiger partial charge is 0.250 e. The van der Waals surface area contributed by atoms with Crippen molar-refractivity contribution in [2.24, 2.45) is 0 Å². The van der Waals surface area contributed by atoms with Gasteiger partial charge in [-0.15, -0.1) is 0 Å². The second kappa shape index (κ2) is 7.45. The topological polar surface area (TPSA) is 71.5 Å². The maximum Gasteiger partial charge on any atom is 0.250 e. The van der Waals surface area contributed by atoms with Gasteiger partial charge < -0.3 is 20.3 Å². The first-order valence-electron chi connectivity index (χ1n) is 7.51. The lowest BCUT2D eigenvalue weighted by Gasteiger charge is -2.35. The molecule has 1 saturated heterocycles. The average Bonchev–Trinajstić information content (AvgIpc) is 2.45. The number of nitrogens with zero attached hydrogens (tertiary/aromatic N) is 2. The van der Waals surface area contributed by atoms with E-state index >= 15 is 0 Å². The molecule has 5 heteroatoms. The molecule has 3 N–H and O–H groups in total. The third-order valence-corrected chi connectivity index (χ3v) is 4.06. The van der Waals surface area contributed by atoms with Gasteiger partial charge in [0.1, 0.15) is 0 Å².